The first-order chi connectivity index (χ1) is 7.19. The fraction of sp³-hybridized carbons (Fsp3) is 0.455. The molecule has 1 rings (SSSR count). The van der Waals surface area contributed by atoms with E-state index in [0.717, 1.165) is 5.56 Å². The molecular formula is C11H16ClNO2. The third-order valence-corrected chi connectivity index (χ3v) is 2.64. The number of nitrogens with one attached hydrogen (secondary N) is 1. The molecule has 0 fully saturated rings. The lowest BCUT2D eigenvalue weighted by Crippen LogP contribution is -2.37. The number of halogens is 1. The summed E-state index contributed by atoms with van der Waals surface area (Å²) >= 11 is 6.02. The number of hydrogen-bond donors (Lipinski definition) is 3. The van der Waals surface area contributed by atoms with E-state index in [-0.39, 0.29) is 25.3 Å². The minimum atomic E-state index is -0.309. The lowest BCUT2D eigenvalue weighted by Gasteiger charge is -2.20. The molecule has 0 bridgehead atoms. The first-order valence-corrected chi connectivity index (χ1v) is 5.29. The molecule has 0 saturated carbocycles. The third kappa shape index (κ3) is 3.47. The lowest BCUT2D eigenvalue weighted by molar-refractivity contribution is 0.163. The lowest BCUT2D eigenvalue weighted by atomic mass is 10.1. The Balaban J connectivity index is 2.68. The number of hydrogen-bond acceptors (Lipinski definition) is 3. The molecule has 84 valence electrons. The first kappa shape index (κ1) is 12.5. The van der Waals surface area contributed by atoms with Crippen molar-refractivity contribution in [3.63, 3.8) is 0 Å². The molecule has 3 nitrogen and oxygen atoms in total. The van der Waals surface area contributed by atoms with Gasteiger partial charge in [-0.3, -0.25) is 0 Å². The summed E-state index contributed by atoms with van der Waals surface area (Å²) in [7, 11) is 0. The number of benzene rings is 1. The van der Waals surface area contributed by atoms with Crippen LogP contribution in [-0.2, 0) is 0 Å². The number of aliphatic hydroxyl groups is 2. The van der Waals surface area contributed by atoms with Crippen molar-refractivity contribution in [1.82, 2.24) is 5.32 Å². The Labute approximate surface area is 94.7 Å². The van der Waals surface area contributed by atoms with Crippen LogP contribution >= 0.6 is 11.6 Å². The maximum absolute atomic E-state index is 8.94. The van der Waals surface area contributed by atoms with Crippen LogP contribution < -0.4 is 5.32 Å². The predicted octanol–water partition coefficient (Wildman–Crippen LogP) is 1.34. The van der Waals surface area contributed by atoms with Gasteiger partial charge >= 0.3 is 0 Å². The molecule has 1 aromatic rings. The fourth-order valence-corrected chi connectivity index (χ4v) is 1.73. The van der Waals surface area contributed by atoms with E-state index in [1.54, 1.807) is 0 Å². The van der Waals surface area contributed by atoms with Crippen LogP contribution in [0.4, 0.5) is 0 Å². The van der Waals surface area contributed by atoms with E-state index in [2.05, 4.69) is 5.32 Å². The van der Waals surface area contributed by atoms with Gasteiger partial charge in [0.25, 0.3) is 0 Å². The molecule has 0 aliphatic heterocycles. The molecule has 0 aliphatic carbocycles. The van der Waals surface area contributed by atoms with Gasteiger partial charge in [-0.15, -0.1) is 0 Å². The van der Waals surface area contributed by atoms with Crippen LogP contribution in [0.3, 0.4) is 0 Å². The van der Waals surface area contributed by atoms with Crippen LogP contribution in [0.15, 0.2) is 24.3 Å². The van der Waals surface area contributed by atoms with E-state index >= 15 is 0 Å². The summed E-state index contributed by atoms with van der Waals surface area (Å²) in [5.74, 6) is 0. The summed E-state index contributed by atoms with van der Waals surface area (Å²) in [6.07, 6.45) is 0. The van der Waals surface area contributed by atoms with Gasteiger partial charge in [0.05, 0.1) is 19.3 Å². The van der Waals surface area contributed by atoms with Gasteiger partial charge in [-0.05, 0) is 18.6 Å². The molecule has 0 saturated heterocycles. The highest BCUT2D eigenvalue weighted by atomic mass is 35.5. The molecule has 0 heterocycles. The Kier molecular flexibility index (Phi) is 5.05. The van der Waals surface area contributed by atoms with E-state index < -0.39 is 0 Å². The summed E-state index contributed by atoms with van der Waals surface area (Å²) in [6, 6.07) is 7.22. The topological polar surface area (TPSA) is 52.5 Å². The number of aliphatic hydroxyl groups excluding tert-OH is 2. The Morgan fingerprint density at radius 2 is 1.87 bits per heavy atom. The highest BCUT2D eigenvalue weighted by Crippen LogP contribution is 2.22. The van der Waals surface area contributed by atoms with Crippen molar-refractivity contribution in [3.05, 3.63) is 34.9 Å². The van der Waals surface area contributed by atoms with Crippen LogP contribution in [-0.4, -0.2) is 29.5 Å². The SMILES string of the molecule is CC(NC(CO)CO)c1ccccc1Cl. The van der Waals surface area contributed by atoms with Crippen LogP contribution in [0.2, 0.25) is 5.02 Å². The van der Waals surface area contributed by atoms with Crippen LogP contribution in [0.1, 0.15) is 18.5 Å². The van der Waals surface area contributed by atoms with Gasteiger partial charge in [0.1, 0.15) is 0 Å². The molecular weight excluding hydrogens is 214 g/mol. The van der Waals surface area contributed by atoms with Crippen LogP contribution in [0.5, 0.6) is 0 Å². The second kappa shape index (κ2) is 6.08. The van der Waals surface area contributed by atoms with Crippen molar-refractivity contribution in [2.45, 2.75) is 19.0 Å². The Morgan fingerprint density at radius 1 is 1.27 bits per heavy atom. The fourth-order valence-electron chi connectivity index (χ4n) is 1.43. The highest BCUT2D eigenvalue weighted by Gasteiger charge is 2.13. The molecule has 1 unspecified atom stereocenters. The smallest absolute Gasteiger partial charge is 0.0607 e. The van der Waals surface area contributed by atoms with Gasteiger partial charge in [0.15, 0.2) is 0 Å². The molecule has 0 aromatic heterocycles. The Morgan fingerprint density at radius 3 is 2.40 bits per heavy atom. The second-order valence-electron chi connectivity index (χ2n) is 3.47. The molecule has 4 heteroatoms. The third-order valence-electron chi connectivity index (χ3n) is 2.30. The average Bonchev–Trinajstić information content (AvgIpc) is 2.26. The van der Waals surface area contributed by atoms with E-state index in [9.17, 15) is 0 Å². The maximum Gasteiger partial charge on any atom is 0.0607 e. The zero-order chi connectivity index (χ0) is 11.3. The van der Waals surface area contributed by atoms with Crippen molar-refractivity contribution < 1.29 is 10.2 Å². The van der Waals surface area contributed by atoms with Crippen LogP contribution in [0, 0.1) is 0 Å². The summed E-state index contributed by atoms with van der Waals surface area (Å²) in [6.45, 7) is 1.76. The zero-order valence-electron chi connectivity index (χ0n) is 8.65. The van der Waals surface area contributed by atoms with Gasteiger partial charge in [0, 0.05) is 11.1 Å². The van der Waals surface area contributed by atoms with E-state index in [1.807, 2.05) is 31.2 Å². The molecule has 0 spiro atoms. The highest BCUT2D eigenvalue weighted by molar-refractivity contribution is 6.31. The molecule has 0 aliphatic rings. The molecule has 1 aromatic carbocycles. The number of rotatable bonds is 5. The summed E-state index contributed by atoms with van der Waals surface area (Å²) < 4.78 is 0. The monoisotopic (exact) mass is 229 g/mol. The van der Waals surface area contributed by atoms with Crippen molar-refractivity contribution >= 4 is 11.6 Å². The predicted molar refractivity (Wildman–Crippen MR) is 61.0 cm³/mol. The molecule has 15 heavy (non-hydrogen) atoms. The second-order valence-corrected chi connectivity index (χ2v) is 3.88. The average molecular weight is 230 g/mol. The Bertz CT molecular complexity index is 302. The molecule has 0 radical (unpaired) electrons. The molecule has 0 amide bonds. The minimum Gasteiger partial charge on any atom is -0.395 e. The normalized spacial score (nSPS) is 13.1. The summed E-state index contributed by atoms with van der Waals surface area (Å²) in [5, 5.41) is 21.6. The van der Waals surface area contributed by atoms with Gasteiger partial charge < -0.3 is 15.5 Å². The van der Waals surface area contributed by atoms with Crippen molar-refractivity contribution in [2.24, 2.45) is 0 Å². The standard InChI is InChI=1S/C11H16ClNO2/c1-8(13-9(6-14)7-15)10-4-2-3-5-11(10)12/h2-5,8-9,13-15H,6-7H2,1H3. The van der Waals surface area contributed by atoms with E-state index in [1.165, 1.54) is 0 Å². The Hall–Kier alpha value is -0.610. The van der Waals surface area contributed by atoms with Crippen molar-refractivity contribution in [1.29, 1.82) is 0 Å². The molecule has 1 atom stereocenters. The quantitative estimate of drug-likeness (QED) is 0.715. The summed E-state index contributed by atoms with van der Waals surface area (Å²) in [4.78, 5) is 0. The summed E-state index contributed by atoms with van der Waals surface area (Å²) in [5.41, 5.74) is 0.964. The zero-order valence-corrected chi connectivity index (χ0v) is 9.41. The van der Waals surface area contributed by atoms with Gasteiger partial charge in [-0.2, -0.15) is 0 Å². The largest absolute Gasteiger partial charge is 0.395 e. The first-order valence-electron chi connectivity index (χ1n) is 4.91. The van der Waals surface area contributed by atoms with Crippen LogP contribution in [0.25, 0.3) is 0 Å². The maximum atomic E-state index is 8.94. The van der Waals surface area contributed by atoms with Gasteiger partial charge in [-0.25, -0.2) is 0 Å². The minimum absolute atomic E-state index is 0.00278. The van der Waals surface area contributed by atoms with E-state index in [4.69, 9.17) is 21.8 Å². The van der Waals surface area contributed by atoms with E-state index in [0.29, 0.717) is 5.02 Å². The van der Waals surface area contributed by atoms with Gasteiger partial charge in [-0.1, -0.05) is 29.8 Å². The van der Waals surface area contributed by atoms with Crippen molar-refractivity contribution in [2.75, 3.05) is 13.2 Å². The van der Waals surface area contributed by atoms with Crippen molar-refractivity contribution in [3.8, 4) is 0 Å². The van der Waals surface area contributed by atoms with Gasteiger partial charge in [0.2, 0.25) is 0 Å². The molecule has 3 N–H and O–H groups in total.